The van der Waals surface area contributed by atoms with Crippen molar-refractivity contribution in [3.8, 4) is 0 Å². The summed E-state index contributed by atoms with van der Waals surface area (Å²) in [6, 6.07) is 6.08. The van der Waals surface area contributed by atoms with Gasteiger partial charge in [-0.25, -0.2) is 0 Å². The highest BCUT2D eigenvalue weighted by Crippen LogP contribution is 2.28. The molecule has 1 heterocycles. The number of rotatable bonds is 5. The van der Waals surface area contributed by atoms with Gasteiger partial charge in [-0.2, -0.15) is 0 Å². The fourth-order valence-electron chi connectivity index (χ4n) is 1.91. The third-order valence-electron chi connectivity index (χ3n) is 3.18. The molecule has 2 rings (SSSR count). The van der Waals surface area contributed by atoms with E-state index in [0.717, 1.165) is 16.9 Å². The molecule has 1 aromatic heterocycles. The molecule has 0 aliphatic carbocycles. The lowest BCUT2D eigenvalue weighted by Crippen LogP contribution is -2.12. The van der Waals surface area contributed by atoms with Crippen molar-refractivity contribution in [3.63, 3.8) is 0 Å². The lowest BCUT2D eigenvalue weighted by atomic mass is 10.1. The molecule has 0 aliphatic rings. The maximum Gasteiger partial charge on any atom is 0.224 e. The minimum absolute atomic E-state index is 0.0285. The first-order valence-electron chi connectivity index (χ1n) is 6.66. The van der Waals surface area contributed by atoms with Crippen LogP contribution in [-0.4, -0.2) is 10.9 Å². The minimum atomic E-state index is 0.0285. The fourth-order valence-corrected chi connectivity index (χ4v) is 2.54. The molecule has 0 fully saturated rings. The number of hydrogen-bond donors (Lipinski definition) is 2. The van der Waals surface area contributed by atoms with Gasteiger partial charge in [0.25, 0.3) is 0 Å². The van der Waals surface area contributed by atoms with Gasteiger partial charge in [-0.15, -0.1) is 11.3 Å². The van der Waals surface area contributed by atoms with Crippen LogP contribution in [0.25, 0.3) is 0 Å². The second-order valence-electron chi connectivity index (χ2n) is 4.65. The molecular weight excluding hydrogens is 270 g/mol. The molecule has 0 saturated heterocycles. The Morgan fingerprint density at radius 1 is 1.40 bits per heavy atom. The number of carbonyl (C=O) groups excluding carboxylic acids is 1. The summed E-state index contributed by atoms with van der Waals surface area (Å²) in [7, 11) is 0. The standard InChI is InChI=1S/C15H19N3OS/c1-4-15(19)18-13-7-5-6-12(10(13)2)17-11(3)14-8-16-9-20-14/h5-9,11,17H,4H2,1-3H3,(H,18,19). The molecule has 4 nitrogen and oxygen atoms in total. The highest BCUT2D eigenvalue weighted by Gasteiger charge is 2.11. The number of nitrogens with zero attached hydrogens (tertiary/aromatic N) is 1. The first kappa shape index (κ1) is 14.5. The van der Waals surface area contributed by atoms with Crippen LogP contribution in [0.4, 0.5) is 11.4 Å². The smallest absolute Gasteiger partial charge is 0.224 e. The predicted molar refractivity (Wildman–Crippen MR) is 84.3 cm³/mol. The van der Waals surface area contributed by atoms with Gasteiger partial charge in [-0.1, -0.05) is 13.0 Å². The molecule has 0 radical (unpaired) electrons. The number of thiazole rings is 1. The zero-order chi connectivity index (χ0) is 14.5. The maximum atomic E-state index is 11.5. The van der Waals surface area contributed by atoms with Crippen LogP contribution in [0.3, 0.4) is 0 Å². The number of carbonyl (C=O) groups is 1. The molecule has 0 saturated carbocycles. The Bertz CT molecular complexity index is 581. The summed E-state index contributed by atoms with van der Waals surface area (Å²) in [5.41, 5.74) is 4.77. The van der Waals surface area contributed by atoms with Gasteiger partial charge < -0.3 is 10.6 Å². The topological polar surface area (TPSA) is 54.0 Å². The van der Waals surface area contributed by atoms with Crippen LogP contribution in [0.1, 0.15) is 36.8 Å². The predicted octanol–water partition coefficient (Wildman–Crippen LogP) is 3.97. The van der Waals surface area contributed by atoms with E-state index >= 15 is 0 Å². The Labute approximate surface area is 123 Å². The molecule has 20 heavy (non-hydrogen) atoms. The molecular formula is C15H19N3OS. The van der Waals surface area contributed by atoms with Crippen LogP contribution in [0, 0.1) is 6.92 Å². The van der Waals surface area contributed by atoms with E-state index in [1.165, 1.54) is 4.88 Å². The largest absolute Gasteiger partial charge is 0.377 e. The van der Waals surface area contributed by atoms with E-state index in [9.17, 15) is 4.79 Å². The molecule has 1 atom stereocenters. The number of nitrogens with one attached hydrogen (secondary N) is 2. The van der Waals surface area contributed by atoms with Crippen molar-refractivity contribution in [3.05, 3.63) is 40.3 Å². The van der Waals surface area contributed by atoms with Crippen molar-refractivity contribution in [2.24, 2.45) is 0 Å². The Kier molecular flexibility index (Phi) is 4.74. The Morgan fingerprint density at radius 2 is 2.15 bits per heavy atom. The van der Waals surface area contributed by atoms with Crippen molar-refractivity contribution in [1.29, 1.82) is 0 Å². The molecule has 0 bridgehead atoms. The monoisotopic (exact) mass is 289 g/mol. The highest BCUT2D eigenvalue weighted by atomic mass is 32.1. The summed E-state index contributed by atoms with van der Waals surface area (Å²) in [6.45, 7) is 5.95. The van der Waals surface area contributed by atoms with Crippen LogP contribution >= 0.6 is 11.3 Å². The average Bonchev–Trinajstić information content (AvgIpc) is 2.97. The van der Waals surface area contributed by atoms with E-state index in [-0.39, 0.29) is 11.9 Å². The van der Waals surface area contributed by atoms with Crippen LogP contribution in [-0.2, 0) is 4.79 Å². The lowest BCUT2D eigenvalue weighted by molar-refractivity contribution is -0.115. The zero-order valence-corrected chi connectivity index (χ0v) is 12.8. The van der Waals surface area contributed by atoms with Crippen molar-refractivity contribution in [1.82, 2.24) is 4.98 Å². The van der Waals surface area contributed by atoms with Gasteiger partial charge in [0.15, 0.2) is 0 Å². The third kappa shape index (κ3) is 3.36. The molecule has 2 aromatic rings. The van der Waals surface area contributed by atoms with Gasteiger partial charge in [0.05, 0.1) is 11.6 Å². The summed E-state index contributed by atoms with van der Waals surface area (Å²) < 4.78 is 0. The van der Waals surface area contributed by atoms with Gasteiger partial charge in [-0.3, -0.25) is 9.78 Å². The Balaban J connectivity index is 2.16. The van der Waals surface area contributed by atoms with E-state index in [1.54, 1.807) is 11.3 Å². The molecule has 106 valence electrons. The van der Waals surface area contributed by atoms with E-state index < -0.39 is 0 Å². The normalized spacial score (nSPS) is 11.9. The van der Waals surface area contributed by atoms with Crippen LogP contribution in [0.5, 0.6) is 0 Å². The number of benzene rings is 1. The summed E-state index contributed by atoms with van der Waals surface area (Å²) in [4.78, 5) is 16.8. The summed E-state index contributed by atoms with van der Waals surface area (Å²) in [5, 5.41) is 6.38. The van der Waals surface area contributed by atoms with Gasteiger partial charge in [0.1, 0.15) is 0 Å². The van der Waals surface area contributed by atoms with Crippen molar-refractivity contribution in [2.75, 3.05) is 10.6 Å². The van der Waals surface area contributed by atoms with Gasteiger partial charge >= 0.3 is 0 Å². The quantitative estimate of drug-likeness (QED) is 0.875. The van der Waals surface area contributed by atoms with Gasteiger partial charge in [-0.05, 0) is 31.5 Å². The Hall–Kier alpha value is -1.88. The lowest BCUT2D eigenvalue weighted by Gasteiger charge is -2.17. The number of amides is 1. The van der Waals surface area contributed by atoms with Crippen LogP contribution in [0.15, 0.2) is 29.9 Å². The fraction of sp³-hybridized carbons (Fsp3) is 0.333. The first-order chi connectivity index (χ1) is 9.61. The Morgan fingerprint density at radius 3 is 2.80 bits per heavy atom. The van der Waals surface area contributed by atoms with Gasteiger partial charge in [0.2, 0.25) is 5.91 Å². The molecule has 0 spiro atoms. The van der Waals surface area contributed by atoms with Crippen molar-refractivity contribution < 1.29 is 4.79 Å². The van der Waals surface area contributed by atoms with E-state index in [1.807, 2.05) is 43.8 Å². The number of anilines is 2. The highest BCUT2D eigenvalue weighted by molar-refractivity contribution is 7.09. The second-order valence-corrected chi connectivity index (χ2v) is 5.57. The molecule has 5 heteroatoms. The third-order valence-corrected chi connectivity index (χ3v) is 4.14. The first-order valence-corrected chi connectivity index (χ1v) is 7.54. The maximum absolute atomic E-state index is 11.5. The SMILES string of the molecule is CCC(=O)Nc1cccc(NC(C)c2cncs2)c1C. The van der Waals surface area contributed by atoms with E-state index in [0.29, 0.717) is 6.42 Å². The average molecular weight is 289 g/mol. The van der Waals surface area contributed by atoms with Crippen molar-refractivity contribution >= 4 is 28.6 Å². The molecule has 1 aromatic carbocycles. The van der Waals surface area contributed by atoms with E-state index in [2.05, 4.69) is 22.5 Å². The molecule has 1 unspecified atom stereocenters. The van der Waals surface area contributed by atoms with Gasteiger partial charge in [0, 0.05) is 28.9 Å². The summed E-state index contributed by atoms with van der Waals surface area (Å²) >= 11 is 1.63. The zero-order valence-electron chi connectivity index (χ0n) is 11.9. The molecule has 1 amide bonds. The molecule has 2 N–H and O–H groups in total. The second kappa shape index (κ2) is 6.52. The van der Waals surface area contributed by atoms with Crippen molar-refractivity contribution in [2.45, 2.75) is 33.2 Å². The van der Waals surface area contributed by atoms with E-state index in [4.69, 9.17) is 0 Å². The summed E-state index contributed by atoms with van der Waals surface area (Å²) in [6.07, 6.45) is 2.36. The molecule has 0 aliphatic heterocycles. The minimum Gasteiger partial charge on any atom is -0.377 e. The summed E-state index contributed by atoms with van der Waals surface area (Å²) in [5.74, 6) is 0.0285. The number of aromatic nitrogens is 1. The number of hydrogen-bond acceptors (Lipinski definition) is 4. The van der Waals surface area contributed by atoms with Crippen LogP contribution in [0.2, 0.25) is 0 Å². The van der Waals surface area contributed by atoms with Crippen LogP contribution < -0.4 is 10.6 Å².